The van der Waals surface area contributed by atoms with E-state index in [1.807, 2.05) is 48.7 Å². The summed E-state index contributed by atoms with van der Waals surface area (Å²) in [6.07, 6.45) is 3.27. The van der Waals surface area contributed by atoms with Crippen LogP contribution in [0.15, 0.2) is 48.7 Å². The number of amides is 1. The first kappa shape index (κ1) is 21.5. The molecule has 0 bridgehead atoms. The maximum Gasteiger partial charge on any atom is 0.280 e. The van der Waals surface area contributed by atoms with Crippen molar-refractivity contribution in [1.82, 2.24) is 14.0 Å². The van der Waals surface area contributed by atoms with Gasteiger partial charge in [0.2, 0.25) is 5.91 Å². The zero-order valence-corrected chi connectivity index (χ0v) is 18.2. The van der Waals surface area contributed by atoms with Gasteiger partial charge >= 0.3 is 0 Å². The molecule has 1 amide bonds. The van der Waals surface area contributed by atoms with E-state index < -0.39 is 10.2 Å². The fourth-order valence-corrected chi connectivity index (χ4v) is 5.52. The van der Waals surface area contributed by atoms with E-state index in [9.17, 15) is 13.2 Å². The Morgan fingerprint density at radius 2 is 2.06 bits per heavy atom. The number of H-pyrrole nitrogens is 1. The molecule has 0 aliphatic carbocycles. The van der Waals surface area contributed by atoms with Crippen molar-refractivity contribution < 1.29 is 13.2 Å². The van der Waals surface area contributed by atoms with Crippen molar-refractivity contribution in [1.29, 1.82) is 0 Å². The SMILES string of the molecule is CC(=O)Nc1cccc(CC2CNS(=O)(=O)N2Cc2ccc3[nH]cc(CCN)c3c2)c1. The smallest absolute Gasteiger partial charge is 0.280 e. The van der Waals surface area contributed by atoms with E-state index in [0.717, 1.165) is 34.0 Å². The second-order valence-corrected chi connectivity index (χ2v) is 9.58. The summed E-state index contributed by atoms with van der Waals surface area (Å²) in [7, 11) is -3.56. The van der Waals surface area contributed by atoms with Gasteiger partial charge in [-0.05, 0) is 60.3 Å². The van der Waals surface area contributed by atoms with Crippen molar-refractivity contribution in [3.05, 3.63) is 65.4 Å². The average Bonchev–Trinajstić information content (AvgIpc) is 3.23. The van der Waals surface area contributed by atoms with Crippen molar-refractivity contribution in [3.63, 3.8) is 0 Å². The molecule has 1 aliphatic rings. The van der Waals surface area contributed by atoms with E-state index in [-0.39, 0.29) is 18.5 Å². The van der Waals surface area contributed by atoms with Gasteiger partial charge in [0.1, 0.15) is 0 Å². The topological polar surface area (TPSA) is 120 Å². The van der Waals surface area contributed by atoms with Crippen molar-refractivity contribution in [2.24, 2.45) is 5.73 Å². The third kappa shape index (κ3) is 4.80. The number of carbonyl (C=O) groups is 1. The summed E-state index contributed by atoms with van der Waals surface area (Å²) in [5, 5.41) is 3.85. The number of carbonyl (C=O) groups excluding carboxylic acids is 1. The molecule has 164 valence electrons. The molecule has 1 fully saturated rings. The molecule has 3 aromatic rings. The van der Waals surface area contributed by atoms with Crippen molar-refractivity contribution in [2.45, 2.75) is 32.4 Å². The molecule has 0 radical (unpaired) electrons. The Bertz CT molecular complexity index is 1200. The molecule has 2 heterocycles. The standard InChI is InChI=1S/C22H27N5O3S/c1-15(28)26-19-4-2-3-16(9-19)10-20-13-25-31(29,30)27(20)14-17-5-6-22-21(11-17)18(7-8-23)12-24-22/h2-6,9,11-12,20,24-25H,7-8,10,13-14,23H2,1H3,(H,26,28). The summed E-state index contributed by atoms with van der Waals surface area (Å²) in [6.45, 7) is 2.65. The normalized spacial score (nSPS) is 18.5. The number of hydrogen-bond acceptors (Lipinski definition) is 4. The molecule has 1 unspecified atom stereocenters. The Hall–Kier alpha value is -2.72. The molecule has 1 aromatic heterocycles. The Morgan fingerprint density at radius 1 is 1.23 bits per heavy atom. The number of rotatable bonds is 7. The number of nitrogens with zero attached hydrogens (tertiary/aromatic N) is 1. The van der Waals surface area contributed by atoms with Crippen molar-refractivity contribution in [3.8, 4) is 0 Å². The van der Waals surface area contributed by atoms with Crippen molar-refractivity contribution in [2.75, 3.05) is 18.4 Å². The maximum atomic E-state index is 12.7. The van der Waals surface area contributed by atoms with Gasteiger partial charge in [0.15, 0.2) is 0 Å². The first-order valence-corrected chi connectivity index (χ1v) is 11.7. The van der Waals surface area contributed by atoms with E-state index in [0.29, 0.717) is 25.2 Å². The van der Waals surface area contributed by atoms with E-state index in [2.05, 4.69) is 15.0 Å². The molecule has 1 atom stereocenters. The van der Waals surface area contributed by atoms with E-state index in [1.54, 1.807) is 0 Å². The quantitative estimate of drug-likeness (QED) is 0.447. The fraction of sp³-hybridized carbons (Fsp3) is 0.318. The second-order valence-electron chi connectivity index (χ2n) is 7.87. The Morgan fingerprint density at radius 3 is 2.84 bits per heavy atom. The highest BCUT2D eigenvalue weighted by Gasteiger charge is 2.37. The number of aromatic amines is 1. The van der Waals surface area contributed by atoms with Crippen LogP contribution in [0.4, 0.5) is 5.69 Å². The number of nitrogens with two attached hydrogens (primary N) is 1. The third-order valence-electron chi connectivity index (χ3n) is 5.52. The average molecular weight is 442 g/mol. The lowest BCUT2D eigenvalue weighted by molar-refractivity contribution is -0.114. The van der Waals surface area contributed by atoms with Crippen LogP contribution in [0.1, 0.15) is 23.6 Å². The van der Waals surface area contributed by atoms with Gasteiger partial charge < -0.3 is 16.0 Å². The Labute approximate surface area is 182 Å². The fourth-order valence-electron chi connectivity index (χ4n) is 4.09. The van der Waals surface area contributed by atoms with Crippen LogP contribution < -0.4 is 15.8 Å². The van der Waals surface area contributed by atoms with Crippen molar-refractivity contribution >= 4 is 32.7 Å². The summed E-state index contributed by atoms with van der Waals surface area (Å²) in [4.78, 5) is 14.6. The minimum Gasteiger partial charge on any atom is -0.361 e. The van der Waals surface area contributed by atoms with Gasteiger partial charge in [-0.25, -0.2) is 4.72 Å². The largest absolute Gasteiger partial charge is 0.361 e. The Kier molecular flexibility index (Phi) is 6.10. The number of nitrogens with one attached hydrogen (secondary N) is 3. The molecule has 0 spiro atoms. The number of hydrogen-bond donors (Lipinski definition) is 4. The van der Waals surface area contributed by atoms with Gasteiger partial charge in [-0.15, -0.1) is 0 Å². The molecule has 5 N–H and O–H groups in total. The van der Waals surface area contributed by atoms with Gasteiger partial charge in [0, 0.05) is 48.8 Å². The van der Waals surface area contributed by atoms with Crippen LogP contribution in [0.2, 0.25) is 0 Å². The van der Waals surface area contributed by atoms with E-state index in [4.69, 9.17) is 5.73 Å². The summed E-state index contributed by atoms with van der Waals surface area (Å²) >= 11 is 0. The monoisotopic (exact) mass is 441 g/mol. The van der Waals surface area contributed by atoms with Crippen LogP contribution in [0.5, 0.6) is 0 Å². The van der Waals surface area contributed by atoms with E-state index in [1.165, 1.54) is 11.2 Å². The maximum absolute atomic E-state index is 12.7. The molecule has 2 aromatic carbocycles. The summed E-state index contributed by atoms with van der Waals surface area (Å²) in [6, 6.07) is 13.3. The molecule has 8 nitrogen and oxygen atoms in total. The second kappa shape index (κ2) is 8.80. The molecule has 31 heavy (non-hydrogen) atoms. The molecular weight excluding hydrogens is 414 g/mol. The number of benzene rings is 2. The molecule has 1 saturated heterocycles. The minimum absolute atomic E-state index is 0.141. The highest BCUT2D eigenvalue weighted by atomic mass is 32.2. The molecule has 9 heteroatoms. The Balaban J connectivity index is 1.56. The van der Waals surface area contributed by atoms with Crippen LogP contribution >= 0.6 is 0 Å². The predicted octanol–water partition coefficient (Wildman–Crippen LogP) is 1.89. The highest BCUT2D eigenvalue weighted by molar-refractivity contribution is 7.87. The summed E-state index contributed by atoms with van der Waals surface area (Å²) < 4.78 is 29.6. The first-order chi connectivity index (χ1) is 14.9. The van der Waals surface area contributed by atoms with Gasteiger partial charge in [-0.3, -0.25) is 4.79 Å². The summed E-state index contributed by atoms with van der Waals surface area (Å²) in [5.41, 5.74) is 10.5. The summed E-state index contributed by atoms with van der Waals surface area (Å²) in [5.74, 6) is -0.141. The zero-order chi connectivity index (χ0) is 22.0. The first-order valence-electron chi connectivity index (χ1n) is 10.3. The molecular formula is C22H27N5O3S. The molecule has 4 rings (SSSR count). The van der Waals surface area contributed by atoms with Gasteiger partial charge in [0.05, 0.1) is 0 Å². The zero-order valence-electron chi connectivity index (χ0n) is 17.4. The van der Waals surface area contributed by atoms with Gasteiger partial charge in [-0.1, -0.05) is 18.2 Å². The lowest BCUT2D eigenvalue weighted by Gasteiger charge is -2.22. The lowest BCUT2D eigenvalue weighted by Crippen LogP contribution is -2.35. The molecule has 1 aliphatic heterocycles. The van der Waals surface area contributed by atoms with Gasteiger partial charge in [-0.2, -0.15) is 12.7 Å². The van der Waals surface area contributed by atoms with Gasteiger partial charge in [0.25, 0.3) is 10.2 Å². The van der Waals surface area contributed by atoms with Crippen LogP contribution in [-0.2, 0) is 34.4 Å². The van der Waals surface area contributed by atoms with Crippen LogP contribution in [0.25, 0.3) is 10.9 Å². The lowest BCUT2D eigenvalue weighted by atomic mass is 10.0. The van der Waals surface area contributed by atoms with Crippen LogP contribution in [0, 0.1) is 0 Å². The minimum atomic E-state index is -3.56. The molecule has 0 saturated carbocycles. The predicted molar refractivity (Wildman–Crippen MR) is 122 cm³/mol. The highest BCUT2D eigenvalue weighted by Crippen LogP contribution is 2.25. The number of fused-ring (bicyclic) bond motifs is 1. The number of aromatic nitrogens is 1. The van der Waals surface area contributed by atoms with Crippen LogP contribution in [0.3, 0.4) is 0 Å². The van der Waals surface area contributed by atoms with E-state index >= 15 is 0 Å². The third-order valence-corrected chi connectivity index (χ3v) is 7.10. The van der Waals surface area contributed by atoms with Crippen LogP contribution in [-0.4, -0.2) is 42.7 Å². The number of anilines is 1.